The van der Waals surface area contributed by atoms with E-state index < -0.39 is 6.10 Å². The second-order valence-electron chi connectivity index (χ2n) is 3.75. The van der Waals surface area contributed by atoms with Gasteiger partial charge in [-0.1, -0.05) is 12.1 Å². The van der Waals surface area contributed by atoms with E-state index >= 15 is 0 Å². The molecule has 0 aliphatic heterocycles. The summed E-state index contributed by atoms with van der Waals surface area (Å²) >= 11 is 3.28. The van der Waals surface area contributed by atoms with Crippen molar-refractivity contribution in [2.45, 2.75) is 12.5 Å². The first-order valence-electron chi connectivity index (χ1n) is 5.19. The maximum absolute atomic E-state index is 12.7. The van der Waals surface area contributed by atoms with Crippen molar-refractivity contribution in [2.75, 3.05) is 0 Å². The predicted molar refractivity (Wildman–Crippen MR) is 67.0 cm³/mol. The van der Waals surface area contributed by atoms with Crippen LogP contribution < -0.4 is 0 Å². The van der Waals surface area contributed by atoms with Crippen LogP contribution in [0.15, 0.2) is 47.1 Å². The van der Waals surface area contributed by atoms with Crippen LogP contribution in [0.5, 0.6) is 0 Å². The number of rotatable bonds is 3. The van der Waals surface area contributed by atoms with Gasteiger partial charge in [0.15, 0.2) is 0 Å². The van der Waals surface area contributed by atoms with E-state index in [0.717, 1.165) is 10.0 Å². The highest BCUT2D eigenvalue weighted by Crippen LogP contribution is 2.18. The highest BCUT2D eigenvalue weighted by Gasteiger charge is 2.09. The Kier molecular flexibility index (Phi) is 3.86. The third-order valence-corrected chi connectivity index (χ3v) is 2.90. The SMILES string of the molecule is OC(Cc1ccc(F)cc1)c1ccc(Br)cn1. The summed E-state index contributed by atoms with van der Waals surface area (Å²) in [7, 11) is 0. The summed E-state index contributed by atoms with van der Waals surface area (Å²) in [4.78, 5) is 4.12. The highest BCUT2D eigenvalue weighted by molar-refractivity contribution is 9.10. The van der Waals surface area contributed by atoms with Gasteiger partial charge in [0.05, 0.1) is 11.8 Å². The summed E-state index contributed by atoms with van der Waals surface area (Å²) in [6.45, 7) is 0. The molecule has 0 saturated carbocycles. The Bertz CT molecular complexity index is 484. The Morgan fingerprint density at radius 2 is 1.88 bits per heavy atom. The minimum Gasteiger partial charge on any atom is -0.386 e. The normalized spacial score (nSPS) is 12.4. The molecule has 0 bridgehead atoms. The Labute approximate surface area is 107 Å². The minimum absolute atomic E-state index is 0.273. The molecule has 0 spiro atoms. The molecule has 1 N–H and O–H groups in total. The Morgan fingerprint density at radius 1 is 1.18 bits per heavy atom. The van der Waals surface area contributed by atoms with Gasteiger partial charge in [0, 0.05) is 17.1 Å². The maximum Gasteiger partial charge on any atom is 0.123 e. The zero-order chi connectivity index (χ0) is 12.3. The predicted octanol–water partition coefficient (Wildman–Crippen LogP) is 3.26. The van der Waals surface area contributed by atoms with Crippen LogP contribution in [0.25, 0.3) is 0 Å². The summed E-state index contributed by atoms with van der Waals surface area (Å²) in [6.07, 6.45) is 1.39. The first-order chi connectivity index (χ1) is 8.15. The van der Waals surface area contributed by atoms with Crippen LogP contribution >= 0.6 is 15.9 Å². The molecule has 17 heavy (non-hydrogen) atoms. The van der Waals surface area contributed by atoms with Crippen molar-refractivity contribution in [3.05, 3.63) is 64.1 Å². The average Bonchev–Trinajstić information content (AvgIpc) is 2.33. The molecule has 2 nitrogen and oxygen atoms in total. The van der Waals surface area contributed by atoms with E-state index in [1.165, 1.54) is 12.1 Å². The molecule has 0 saturated heterocycles. The topological polar surface area (TPSA) is 33.1 Å². The summed E-state index contributed by atoms with van der Waals surface area (Å²) < 4.78 is 13.6. The van der Waals surface area contributed by atoms with E-state index in [9.17, 15) is 9.50 Å². The maximum atomic E-state index is 12.7. The molecular formula is C13H11BrFNO. The van der Waals surface area contributed by atoms with E-state index in [4.69, 9.17) is 0 Å². The fraction of sp³-hybridized carbons (Fsp3) is 0.154. The van der Waals surface area contributed by atoms with Crippen LogP contribution in [0.3, 0.4) is 0 Å². The lowest BCUT2D eigenvalue weighted by molar-refractivity contribution is 0.173. The van der Waals surface area contributed by atoms with Crippen molar-refractivity contribution in [3.8, 4) is 0 Å². The number of pyridine rings is 1. The third-order valence-electron chi connectivity index (χ3n) is 2.43. The molecule has 1 aromatic heterocycles. The van der Waals surface area contributed by atoms with Crippen molar-refractivity contribution in [1.29, 1.82) is 0 Å². The summed E-state index contributed by atoms with van der Waals surface area (Å²) in [5, 5.41) is 9.96. The van der Waals surface area contributed by atoms with Crippen molar-refractivity contribution < 1.29 is 9.50 Å². The molecule has 0 amide bonds. The van der Waals surface area contributed by atoms with E-state index in [1.807, 2.05) is 6.07 Å². The van der Waals surface area contributed by atoms with Gasteiger partial charge in [-0.2, -0.15) is 0 Å². The number of aliphatic hydroxyl groups excluding tert-OH is 1. The highest BCUT2D eigenvalue weighted by atomic mass is 79.9. The lowest BCUT2D eigenvalue weighted by Gasteiger charge is -2.10. The van der Waals surface area contributed by atoms with Crippen LogP contribution in [-0.2, 0) is 6.42 Å². The molecular weight excluding hydrogens is 285 g/mol. The van der Waals surface area contributed by atoms with Gasteiger partial charge in [-0.15, -0.1) is 0 Å². The zero-order valence-electron chi connectivity index (χ0n) is 8.98. The van der Waals surface area contributed by atoms with Crippen LogP contribution in [0.2, 0.25) is 0 Å². The Balaban J connectivity index is 2.08. The second-order valence-corrected chi connectivity index (χ2v) is 4.66. The second kappa shape index (κ2) is 5.38. The van der Waals surface area contributed by atoms with Crippen LogP contribution in [0.1, 0.15) is 17.4 Å². The molecule has 2 rings (SSSR count). The number of hydrogen-bond donors (Lipinski definition) is 1. The molecule has 0 fully saturated rings. The van der Waals surface area contributed by atoms with Gasteiger partial charge < -0.3 is 5.11 Å². The minimum atomic E-state index is -0.673. The van der Waals surface area contributed by atoms with Gasteiger partial charge in [0.1, 0.15) is 5.82 Å². The quantitative estimate of drug-likeness (QED) is 0.943. The van der Waals surface area contributed by atoms with Gasteiger partial charge in [0.25, 0.3) is 0 Å². The van der Waals surface area contributed by atoms with Crippen molar-refractivity contribution in [1.82, 2.24) is 4.98 Å². The fourth-order valence-electron chi connectivity index (χ4n) is 1.53. The fourth-order valence-corrected chi connectivity index (χ4v) is 1.77. The van der Waals surface area contributed by atoms with Crippen molar-refractivity contribution in [3.63, 3.8) is 0 Å². The molecule has 0 aliphatic rings. The summed E-state index contributed by atoms with van der Waals surface area (Å²) in [5.41, 5.74) is 1.49. The van der Waals surface area contributed by atoms with Gasteiger partial charge >= 0.3 is 0 Å². The molecule has 4 heteroatoms. The Morgan fingerprint density at radius 3 is 2.47 bits per heavy atom. The smallest absolute Gasteiger partial charge is 0.123 e. The first-order valence-corrected chi connectivity index (χ1v) is 5.98. The van der Waals surface area contributed by atoms with Crippen LogP contribution in [0.4, 0.5) is 4.39 Å². The van der Waals surface area contributed by atoms with Crippen LogP contribution in [-0.4, -0.2) is 10.1 Å². The van der Waals surface area contributed by atoms with Gasteiger partial charge in [0.2, 0.25) is 0 Å². The van der Waals surface area contributed by atoms with Crippen molar-refractivity contribution in [2.24, 2.45) is 0 Å². The number of halogens is 2. The van der Waals surface area contributed by atoms with Gasteiger partial charge in [-0.25, -0.2) is 4.39 Å². The lowest BCUT2D eigenvalue weighted by Crippen LogP contribution is -2.03. The van der Waals surface area contributed by atoms with E-state index in [1.54, 1.807) is 24.4 Å². The first kappa shape index (κ1) is 12.2. The lowest BCUT2D eigenvalue weighted by atomic mass is 10.1. The third kappa shape index (κ3) is 3.35. The molecule has 0 aliphatic carbocycles. The summed E-state index contributed by atoms with van der Waals surface area (Å²) in [6, 6.07) is 9.69. The largest absolute Gasteiger partial charge is 0.386 e. The van der Waals surface area contributed by atoms with E-state index in [0.29, 0.717) is 12.1 Å². The number of aromatic nitrogens is 1. The standard InChI is InChI=1S/C13H11BrFNO/c14-10-3-6-12(16-8-10)13(17)7-9-1-4-11(15)5-2-9/h1-6,8,13,17H,7H2. The van der Waals surface area contributed by atoms with Gasteiger partial charge in [-0.3, -0.25) is 4.98 Å². The number of aliphatic hydroxyl groups is 1. The number of nitrogens with zero attached hydrogens (tertiary/aromatic N) is 1. The molecule has 2 aromatic rings. The molecule has 0 radical (unpaired) electrons. The van der Waals surface area contributed by atoms with E-state index in [-0.39, 0.29) is 5.82 Å². The number of benzene rings is 1. The van der Waals surface area contributed by atoms with Crippen LogP contribution in [0, 0.1) is 5.82 Å². The number of hydrogen-bond acceptors (Lipinski definition) is 2. The molecule has 1 atom stereocenters. The monoisotopic (exact) mass is 295 g/mol. The average molecular weight is 296 g/mol. The summed E-state index contributed by atoms with van der Waals surface area (Å²) in [5.74, 6) is -0.273. The molecule has 1 aromatic carbocycles. The molecule has 1 unspecified atom stereocenters. The molecule has 88 valence electrons. The molecule has 1 heterocycles. The van der Waals surface area contributed by atoms with Crippen molar-refractivity contribution >= 4 is 15.9 Å². The Hall–Kier alpha value is -1.26. The zero-order valence-corrected chi connectivity index (χ0v) is 10.6. The van der Waals surface area contributed by atoms with E-state index in [2.05, 4.69) is 20.9 Å². The van der Waals surface area contributed by atoms with Gasteiger partial charge in [-0.05, 0) is 45.8 Å².